The van der Waals surface area contributed by atoms with E-state index in [0.717, 1.165) is 25.9 Å². The van der Waals surface area contributed by atoms with Gasteiger partial charge in [-0.3, -0.25) is 14.9 Å². The number of nitro benzene ring substituents is 1. The Labute approximate surface area is 166 Å². The van der Waals surface area contributed by atoms with E-state index < -0.39 is 23.4 Å². The van der Waals surface area contributed by atoms with Crippen molar-refractivity contribution >= 4 is 29.1 Å². The Hall–Kier alpha value is -3.43. The summed E-state index contributed by atoms with van der Waals surface area (Å²) in [5.41, 5.74) is 0.424. The first kappa shape index (κ1) is 20.3. The first-order chi connectivity index (χ1) is 13.8. The highest BCUT2D eigenvalue weighted by atomic mass is 16.6. The molecule has 0 spiro atoms. The zero-order valence-electron chi connectivity index (χ0n) is 16.2. The minimum atomic E-state index is -0.797. The molecule has 0 aliphatic carbocycles. The largest absolute Gasteiger partial charge is 0.452 e. The van der Waals surface area contributed by atoms with Crippen molar-refractivity contribution in [3.05, 3.63) is 45.7 Å². The van der Waals surface area contributed by atoms with Gasteiger partial charge in [0.15, 0.2) is 12.4 Å². The van der Waals surface area contributed by atoms with Crippen LogP contribution in [0.2, 0.25) is 0 Å². The third-order valence-corrected chi connectivity index (χ3v) is 4.77. The molecule has 29 heavy (non-hydrogen) atoms. The van der Waals surface area contributed by atoms with Crippen LogP contribution in [-0.4, -0.2) is 41.7 Å². The van der Waals surface area contributed by atoms with Crippen molar-refractivity contribution in [3.8, 4) is 0 Å². The van der Waals surface area contributed by atoms with Gasteiger partial charge in [-0.05, 0) is 31.7 Å². The third kappa shape index (κ3) is 5.09. The molecule has 0 atom stereocenters. The smallest absolute Gasteiger partial charge is 0.341 e. The number of nitro groups is 1. The van der Waals surface area contributed by atoms with E-state index in [0.29, 0.717) is 17.4 Å². The number of amides is 1. The molecule has 0 radical (unpaired) electrons. The number of esters is 1. The molecule has 1 saturated heterocycles. The van der Waals surface area contributed by atoms with E-state index in [-0.39, 0.29) is 17.1 Å². The molecule has 1 N–H and O–H groups in total. The molecule has 3 rings (SSSR count). The number of rotatable bonds is 6. The Morgan fingerprint density at radius 3 is 2.69 bits per heavy atom. The quantitative estimate of drug-likeness (QED) is 0.444. The summed E-state index contributed by atoms with van der Waals surface area (Å²) in [6.45, 7) is 4.77. The van der Waals surface area contributed by atoms with Crippen LogP contribution in [0.25, 0.3) is 0 Å². The molecule has 1 amide bonds. The molecule has 1 fully saturated rings. The summed E-state index contributed by atoms with van der Waals surface area (Å²) in [4.78, 5) is 37.2. The van der Waals surface area contributed by atoms with Crippen molar-refractivity contribution in [1.29, 1.82) is 0 Å². The van der Waals surface area contributed by atoms with E-state index in [2.05, 4.69) is 17.4 Å². The molecule has 0 bridgehead atoms. The third-order valence-electron chi connectivity index (χ3n) is 4.77. The average Bonchev–Trinajstić information content (AvgIpc) is 3.10. The number of aromatic nitrogens is 1. The van der Waals surface area contributed by atoms with Crippen LogP contribution in [-0.2, 0) is 9.53 Å². The highest BCUT2D eigenvalue weighted by Gasteiger charge is 2.25. The van der Waals surface area contributed by atoms with Crippen LogP contribution < -0.4 is 10.2 Å². The van der Waals surface area contributed by atoms with E-state index in [1.54, 1.807) is 13.0 Å². The van der Waals surface area contributed by atoms with Gasteiger partial charge >= 0.3 is 5.97 Å². The summed E-state index contributed by atoms with van der Waals surface area (Å²) in [5, 5.41) is 17.2. The number of carbonyl (C=O) groups is 2. The van der Waals surface area contributed by atoms with Crippen molar-refractivity contribution in [3.63, 3.8) is 0 Å². The van der Waals surface area contributed by atoms with E-state index in [1.165, 1.54) is 18.2 Å². The zero-order chi connectivity index (χ0) is 21.0. The number of benzene rings is 1. The Kier molecular flexibility index (Phi) is 6.10. The average molecular weight is 402 g/mol. The van der Waals surface area contributed by atoms with Gasteiger partial charge in [-0.25, -0.2) is 4.79 Å². The fraction of sp³-hybridized carbons (Fsp3) is 0.421. The van der Waals surface area contributed by atoms with Gasteiger partial charge in [-0.15, -0.1) is 0 Å². The summed E-state index contributed by atoms with van der Waals surface area (Å²) < 4.78 is 9.94. The molecular weight excluding hydrogens is 380 g/mol. The first-order valence-electron chi connectivity index (χ1n) is 9.27. The van der Waals surface area contributed by atoms with Crippen LogP contribution >= 0.6 is 0 Å². The van der Waals surface area contributed by atoms with Gasteiger partial charge in [0.25, 0.3) is 11.6 Å². The van der Waals surface area contributed by atoms with Crippen molar-refractivity contribution < 1.29 is 23.8 Å². The van der Waals surface area contributed by atoms with Crippen LogP contribution in [0.15, 0.2) is 28.8 Å². The molecule has 2 heterocycles. The van der Waals surface area contributed by atoms with E-state index in [4.69, 9.17) is 9.26 Å². The fourth-order valence-corrected chi connectivity index (χ4v) is 3.14. The number of aryl methyl sites for hydroxylation is 1. The van der Waals surface area contributed by atoms with Crippen molar-refractivity contribution in [1.82, 2.24) is 5.16 Å². The summed E-state index contributed by atoms with van der Waals surface area (Å²) in [6.07, 6.45) is 1.93. The van der Waals surface area contributed by atoms with Crippen LogP contribution in [0, 0.1) is 23.0 Å². The van der Waals surface area contributed by atoms with Crippen molar-refractivity contribution in [2.24, 2.45) is 5.92 Å². The lowest BCUT2D eigenvalue weighted by Gasteiger charge is -2.33. The number of ether oxygens (including phenoxy) is 1. The molecule has 0 saturated carbocycles. The Bertz CT molecular complexity index is 917. The van der Waals surface area contributed by atoms with Gasteiger partial charge in [0.05, 0.1) is 16.2 Å². The molecule has 1 aromatic carbocycles. The maximum Gasteiger partial charge on any atom is 0.341 e. The number of hydrogen-bond acceptors (Lipinski definition) is 8. The SMILES string of the molecule is Cc1cc(NC(=O)COC(=O)c2cc([N+](=O)[O-])ccc2N2CCC(C)CC2)no1. The first-order valence-corrected chi connectivity index (χ1v) is 9.27. The van der Waals surface area contributed by atoms with Crippen molar-refractivity contribution in [2.75, 3.05) is 29.9 Å². The normalized spacial score (nSPS) is 14.5. The second kappa shape index (κ2) is 8.72. The summed E-state index contributed by atoms with van der Waals surface area (Å²) >= 11 is 0. The second-order valence-electron chi connectivity index (χ2n) is 7.08. The van der Waals surface area contributed by atoms with E-state index in [9.17, 15) is 19.7 Å². The molecule has 154 valence electrons. The molecule has 1 aromatic heterocycles. The Morgan fingerprint density at radius 2 is 2.07 bits per heavy atom. The number of piperidine rings is 1. The molecule has 2 aromatic rings. The van der Waals surface area contributed by atoms with Crippen LogP contribution in [0.3, 0.4) is 0 Å². The molecule has 10 heteroatoms. The lowest BCUT2D eigenvalue weighted by Crippen LogP contribution is -2.34. The lowest BCUT2D eigenvalue weighted by molar-refractivity contribution is -0.384. The van der Waals surface area contributed by atoms with E-state index in [1.807, 2.05) is 4.90 Å². The minimum absolute atomic E-state index is 0.0684. The maximum absolute atomic E-state index is 12.6. The maximum atomic E-state index is 12.6. The summed E-state index contributed by atoms with van der Waals surface area (Å²) in [6, 6.07) is 5.64. The molecule has 1 aliphatic rings. The van der Waals surface area contributed by atoms with Gasteiger partial charge in [-0.1, -0.05) is 12.1 Å². The number of non-ortho nitro benzene ring substituents is 1. The highest BCUT2D eigenvalue weighted by Crippen LogP contribution is 2.29. The summed E-state index contributed by atoms with van der Waals surface area (Å²) in [5.74, 6) is -0.0702. The number of nitrogens with zero attached hydrogens (tertiary/aromatic N) is 3. The van der Waals surface area contributed by atoms with Crippen molar-refractivity contribution in [2.45, 2.75) is 26.7 Å². The standard InChI is InChI=1S/C19H22N4O6/c1-12-5-7-22(8-6-12)16-4-3-14(23(26)27)10-15(16)19(25)28-11-18(24)20-17-9-13(2)29-21-17/h3-4,9-10,12H,5-8,11H2,1-2H3,(H,20,21,24). The molecule has 1 aliphatic heterocycles. The fourth-order valence-electron chi connectivity index (χ4n) is 3.14. The van der Waals surface area contributed by atoms with Gasteiger partial charge < -0.3 is 19.5 Å². The lowest BCUT2D eigenvalue weighted by atomic mass is 9.98. The Balaban J connectivity index is 1.72. The summed E-state index contributed by atoms with van der Waals surface area (Å²) in [7, 11) is 0. The topological polar surface area (TPSA) is 128 Å². The van der Waals surface area contributed by atoms with Crippen LogP contribution in [0.5, 0.6) is 0 Å². The van der Waals surface area contributed by atoms with Gasteiger partial charge in [0.2, 0.25) is 0 Å². The Morgan fingerprint density at radius 1 is 1.34 bits per heavy atom. The highest BCUT2D eigenvalue weighted by molar-refractivity contribution is 5.99. The molecule has 0 unspecified atom stereocenters. The number of nitrogens with one attached hydrogen (secondary N) is 1. The number of carbonyl (C=O) groups excluding carboxylic acids is 2. The van der Waals surface area contributed by atoms with Gasteiger partial charge in [0.1, 0.15) is 5.76 Å². The van der Waals surface area contributed by atoms with Crippen LogP contribution in [0.4, 0.5) is 17.2 Å². The number of hydrogen-bond donors (Lipinski definition) is 1. The zero-order valence-corrected chi connectivity index (χ0v) is 16.2. The molecule has 10 nitrogen and oxygen atoms in total. The second-order valence-corrected chi connectivity index (χ2v) is 7.08. The van der Waals surface area contributed by atoms with Crippen LogP contribution in [0.1, 0.15) is 35.9 Å². The predicted molar refractivity (Wildman–Crippen MR) is 104 cm³/mol. The van der Waals surface area contributed by atoms with E-state index >= 15 is 0 Å². The van der Waals surface area contributed by atoms with Gasteiger partial charge in [-0.2, -0.15) is 0 Å². The monoisotopic (exact) mass is 402 g/mol. The molecular formula is C19H22N4O6. The minimum Gasteiger partial charge on any atom is -0.452 e. The van der Waals surface area contributed by atoms with Gasteiger partial charge in [0, 0.05) is 31.3 Å². The number of anilines is 2. The predicted octanol–water partition coefficient (Wildman–Crippen LogP) is 2.92.